The van der Waals surface area contributed by atoms with Crippen LogP contribution in [0.5, 0.6) is 5.75 Å². The average Bonchev–Trinajstić information content (AvgIpc) is 3.16. The van der Waals surface area contributed by atoms with Gasteiger partial charge in [0.1, 0.15) is 17.3 Å². The number of rotatable bonds is 4. The summed E-state index contributed by atoms with van der Waals surface area (Å²) in [6.45, 7) is -0.462. The fourth-order valence-corrected chi connectivity index (χ4v) is 4.72. The van der Waals surface area contributed by atoms with E-state index >= 15 is 4.39 Å². The summed E-state index contributed by atoms with van der Waals surface area (Å²) in [5, 5.41) is 9.64. The summed E-state index contributed by atoms with van der Waals surface area (Å²) in [5.41, 5.74) is -1.67. The van der Waals surface area contributed by atoms with Crippen molar-refractivity contribution < 1.29 is 41.0 Å². The number of ether oxygens (including phenoxy) is 1. The quantitative estimate of drug-likeness (QED) is 0.379. The predicted octanol–water partition coefficient (Wildman–Crippen LogP) is 3.56. The highest BCUT2D eigenvalue weighted by Crippen LogP contribution is 2.39. The smallest absolute Gasteiger partial charge is 0.420 e. The number of alkyl halides is 3. The maximum atomic E-state index is 15.1. The molecule has 0 unspecified atom stereocenters. The molecule has 0 atom stereocenters. The van der Waals surface area contributed by atoms with Crippen LogP contribution in [0.25, 0.3) is 16.8 Å². The number of fused-ring (bicyclic) bond motifs is 2. The van der Waals surface area contributed by atoms with Crippen LogP contribution in [0.1, 0.15) is 11.4 Å². The lowest BCUT2D eigenvalue weighted by molar-refractivity contribution is -0.267. The first kappa shape index (κ1) is 25.9. The summed E-state index contributed by atoms with van der Waals surface area (Å²) in [6.07, 6.45) is -0.941. The summed E-state index contributed by atoms with van der Waals surface area (Å²) in [4.78, 5) is 27.3. The van der Waals surface area contributed by atoms with Crippen LogP contribution in [0.4, 0.5) is 38.0 Å². The van der Waals surface area contributed by atoms with Crippen LogP contribution >= 0.6 is 0 Å². The number of β-amino-alcohol motifs (C(OH)–C–C–N with tert-alkyl or cyclic N) is 1. The number of anilines is 2. The standard InChI is InChI=1S/C25H18F6N6O3/c1-12-19(8-37-18-3-14(26)2-17(28)22(18)40-9-21(37)38)36-7-15(16(27)4-20(36)34-12)13-5-32-23(33-6-13)35-10-24(39,11-35)25(29,30)31/h2-7,39H,8-11H2,1H3. The van der Waals surface area contributed by atoms with E-state index in [0.29, 0.717) is 17.5 Å². The van der Waals surface area contributed by atoms with Gasteiger partial charge in [-0.15, -0.1) is 0 Å². The van der Waals surface area contributed by atoms with Gasteiger partial charge in [-0.25, -0.2) is 28.1 Å². The van der Waals surface area contributed by atoms with E-state index in [2.05, 4.69) is 15.0 Å². The molecule has 4 aromatic rings. The van der Waals surface area contributed by atoms with Crippen LogP contribution in [-0.4, -0.2) is 61.8 Å². The number of pyridine rings is 1. The Hall–Kier alpha value is -4.40. The number of amides is 1. The normalized spacial score (nSPS) is 16.6. The largest absolute Gasteiger partial charge is 0.478 e. The fourth-order valence-electron chi connectivity index (χ4n) is 4.72. The van der Waals surface area contributed by atoms with E-state index in [1.54, 1.807) is 6.92 Å². The maximum Gasteiger partial charge on any atom is 0.420 e. The van der Waals surface area contributed by atoms with Gasteiger partial charge in [0, 0.05) is 47.9 Å². The van der Waals surface area contributed by atoms with Gasteiger partial charge in [0.15, 0.2) is 23.8 Å². The second-order valence-corrected chi connectivity index (χ2v) is 9.57. The highest BCUT2D eigenvalue weighted by Gasteiger charge is 2.61. The lowest BCUT2D eigenvalue weighted by atomic mass is 9.94. The number of aryl methyl sites for hydroxylation is 1. The van der Waals surface area contributed by atoms with Crippen molar-refractivity contribution in [3.05, 3.63) is 65.6 Å². The monoisotopic (exact) mass is 564 g/mol. The molecule has 9 nitrogen and oxygen atoms in total. The number of aliphatic hydroxyl groups is 1. The van der Waals surface area contributed by atoms with E-state index in [9.17, 15) is 31.9 Å². The number of halogens is 6. The Morgan fingerprint density at radius 1 is 1.07 bits per heavy atom. The Bertz CT molecular complexity index is 1670. The Kier molecular flexibility index (Phi) is 5.69. The Morgan fingerprint density at radius 3 is 2.45 bits per heavy atom. The molecule has 6 rings (SSSR count). The zero-order valence-electron chi connectivity index (χ0n) is 20.5. The molecule has 15 heteroatoms. The number of carbonyl (C=O) groups is 1. The van der Waals surface area contributed by atoms with E-state index in [0.717, 1.165) is 21.9 Å². The zero-order valence-corrected chi connectivity index (χ0v) is 20.5. The number of benzene rings is 1. The number of imidazole rings is 1. The number of aromatic nitrogens is 4. The molecule has 2 aliphatic rings. The highest BCUT2D eigenvalue weighted by molar-refractivity contribution is 5.97. The lowest BCUT2D eigenvalue weighted by Crippen LogP contribution is -2.69. The van der Waals surface area contributed by atoms with Crippen molar-refractivity contribution in [3.8, 4) is 16.9 Å². The molecule has 1 saturated heterocycles. The van der Waals surface area contributed by atoms with Gasteiger partial charge in [-0.05, 0) is 6.92 Å². The maximum absolute atomic E-state index is 15.1. The van der Waals surface area contributed by atoms with Crippen molar-refractivity contribution >= 4 is 23.2 Å². The van der Waals surface area contributed by atoms with Crippen LogP contribution in [0, 0.1) is 24.4 Å². The first-order chi connectivity index (χ1) is 18.8. The molecule has 208 valence electrons. The third-order valence-electron chi connectivity index (χ3n) is 6.90. The van der Waals surface area contributed by atoms with Crippen molar-refractivity contribution in [2.75, 3.05) is 29.5 Å². The van der Waals surface area contributed by atoms with E-state index in [1.165, 1.54) is 23.0 Å². The van der Waals surface area contributed by atoms with Crippen molar-refractivity contribution in [2.24, 2.45) is 0 Å². The van der Waals surface area contributed by atoms with E-state index in [-0.39, 0.29) is 40.7 Å². The molecule has 1 fully saturated rings. The summed E-state index contributed by atoms with van der Waals surface area (Å²) in [6, 6.07) is 2.77. The minimum Gasteiger partial charge on any atom is -0.478 e. The minimum atomic E-state index is -4.79. The number of nitrogens with zero attached hydrogens (tertiary/aromatic N) is 6. The van der Waals surface area contributed by atoms with Gasteiger partial charge >= 0.3 is 6.18 Å². The van der Waals surface area contributed by atoms with Crippen LogP contribution in [0.3, 0.4) is 0 Å². The van der Waals surface area contributed by atoms with Gasteiger partial charge < -0.3 is 19.1 Å². The van der Waals surface area contributed by atoms with E-state index in [1.807, 2.05) is 0 Å². The SMILES string of the molecule is Cc1nc2cc(F)c(-c3cnc(N4CC(O)(C(F)(F)F)C4)nc3)cn2c1CN1C(=O)COc2c(F)cc(F)cc21. The first-order valence-corrected chi connectivity index (χ1v) is 11.8. The molecule has 2 aliphatic heterocycles. The van der Waals surface area contributed by atoms with Crippen LogP contribution < -0.4 is 14.5 Å². The average molecular weight is 564 g/mol. The summed E-state index contributed by atoms with van der Waals surface area (Å²) >= 11 is 0. The number of carbonyl (C=O) groups excluding carboxylic acids is 1. The van der Waals surface area contributed by atoms with Gasteiger partial charge in [0.05, 0.1) is 36.7 Å². The predicted molar refractivity (Wildman–Crippen MR) is 127 cm³/mol. The molecule has 1 amide bonds. The van der Waals surface area contributed by atoms with Crippen LogP contribution in [0.2, 0.25) is 0 Å². The number of hydrogen-bond acceptors (Lipinski definition) is 7. The topological polar surface area (TPSA) is 96.1 Å². The second kappa shape index (κ2) is 8.81. The Labute approximate surface area is 221 Å². The fraction of sp³-hybridized carbons (Fsp3) is 0.280. The molecule has 1 N–H and O–H groups in total. The number of hydrogen-bond donors (Lipinski definition) is 1. The Balaban J connectivity index is 1.32. The van der Waals surface area contributed by atoms with Gasteiger partial charge in [0.25, 0.3) is 5.91 Å². The molecule has 0 spiro atoms. The molecule has 0 radical (unpaired) electrons. The van der Waals surface area contributed by atoms with Gasteiger partial charge in [-0.1, -0.05) is 0 Å². The van der Waals surface area contributed by atoms with Crippen LogP contribution in [0.15, 0.2) is 36.8 Å². The highest BCUT2D eigenvalue weighted by atomic mass is 19.4. The Morgan fingerprint density at radius 2 is 1.77 bits per heavy atom. The molecular formula is C25H18F6N6O3. The lowest BCUT2D eigenvalue weighted by Gasteiger charge is -2.46. The summed E-state index contributed by atoms with van der Waals surface area (Å²) < 4.78 is 88.8. The minimum absolute atomic E-state index is 0.0268. The molecular weight excluding hydrogens is 546 g/mol. The van der Waals surface area contributed by atoms with Crippen molar-refractivity contribution in [1.82, 2.24) is 19.4 Å². The van der Waals surface area contributed by atoms with Gasteiger partial charge in [0.2, 0.25) is 5.95 Å². The second-order valence-electron chi connectivity index (χ2n) is 9.57. The van der Waals surface area contributed by atoms with Gasteiger partial charge in [-0.2, -0.15) is 13.2 Å². The van der Waals surface area contributed by atoms with Crippen molar-refractivity contribution in [1.29, 1.82) is 0 Å². The molecule has 1 aromatic carbocycles. The summed E-state index contributed by atoms with van der Waals surface area (Å²) in [7, 11) is 0. The van der Waals surface area contributed by atoms with E-state index in [4.69, 9.17) is 4.74 Å². The molecule has 3 aromatic heterocycles. The first-order valence-electron chi connectivity index (χ1n) is 11.8. The molecule has 40 heavy (non-hydrogen) atoms. The van der Waals surface area contributed by atoms with Crippen molar-refractivity contribution in [3.63, 3.8) is 0 Å². The third-order valence-corrected chi connectivity index (χ3v) is 6.90. The zero-order chi connectivity index (χ0) is 28.6. The van der Waals surface area contributed by atoms with E-state index < -0.39 is 54.8 Å². The molecule has 5 heterocycles. The molecule has 0 saturated carbocycles. The van der Waals surface area contributed by atoms with Gasteiger partial charge in [-0.3, -0.25) is 9.69 Å². The van der Waals surface area contributed by atoms with Crippen LogP contribution in [-0.2, 0) is 11.3 Å². The third kappa shape index (κ3) is 4.08. The van der Waals surface area contributed by atoms with Crippen molar-refractivity contribution in [2.45, 2.75) is 25.2 Å². The summed E-state index contributed by atoms with van der Waals surface area (Å²) in [5.74, 6) is -3.44. The molecule has 0 bridgehead atoms. The molecule has 0 aliphatic carbocycles.